The first kappa shape index (κ1) is 26.6. The maximum absolute atomic E-state index is 13.8. The van der Waals surface area contributed by atoms with E-state index in [1.54, 1.807) is 24.3 Å². The summed E-state index contributed by atoms with van der Waals surface area (Å²) < 4.78 is 11.0. The highest BCUT2D eigenvalue weighted by atomic mass is 16.5. The molecule has 0 unspecified atom stereocenters. The van der Waals surface area contributed by atoms with Gasteiger partial charge in [-0.2, -0.15) is 0 Å². The van der Waals surface area contributed by atoms with Crippen LogP contribution in [0.4, 0.5) is 5.69 Å². The number of rotatable bonds is 7. The third-order valence-corrected chi connectivity index (χ3v) is 8.67. The van der Waals surface area contributed by atoms with Crippen LogP contribution in [0.1, 0.15) is 41.0 Å². The second kappa shape index (κ2) is 10.5. The molecule has 0 saturated carbocycles. The number of benzene rings is 4. The number of ether oxygens (including phenoxy) is 2. The Morgan fingerprint density at radius 1 is 0.698 bits per heavy atom. The van der Waals surface area contributed by atoms with E-state index >= 15 is 0 Å². The maximum atomic E-state index is 13.8. The minimum Gasteiger partial charge on any atom is -0.457 e. The molecule has 0 spiro atoms. The first-order valence-electron chi connectivity index (χ1n) is 14.3. The zero-order chi connectivity index (χ0) is 29.7. The highest BCUT2D eigenvalue weighted by Crippen LogP contribution is 2.61. The SMILES string of the molecule is C[C@H](C(=O)OCC(=O)Nc1ccc(Oc2ccccc2)cc1)N1C(=O)[C@H]2C3c4ccccc4C(c4ccccc43)[C@@H]2C1=O. The highest BCUT2D eigenvalue weighted by molar-refractivity contribution is 6.10. The molecule has 4 aliphatic rings. The molecule has 1 N–H and O–H groups in total. The van der Waals surface area contributed by atoms with Gasteiger partial charge in [-0.25, -0.2) is 4.79 Å². The molecule has 214 valence electrons. The largest absolute Gasteiger partial charge is 0.457 e. The Kier molecular flexibility index (Phi) is 6.54. The Bertz CT molecular complexity index is 1640. The fourth-order valence-electron chi connectivity index (χ4n) is 6.87. The number of carbonyl (C=O) groups is 4. The van der Waals surface area contributed by atoms with Gasteiger partial charge < -0.3 is 14.8 Å². The molecule has 1 fully saturated rings. The topological polar surface area (TPSA) is 102 Å². The second-order valence-corrected chi connectivity index (χ2v) is 11.1. The van der Waals surface area contributed by atoms with Crippen molar-refractivity contribution in [3.05, 3.63) is 125 Å². The van der Waals surface area contributed by atoms with Gasteiger partial charge in [-0.3, -0.25) is 19.3 Å². The van der Waals surface area contributed by atoms with Crippen molar-refractivity contribution in [2.45, 2.75) is 24.8 Å². The zero-order valence-electron chi connectivity index (χ0n) is 23.3. The fourth-order valence-corrected chi connectivity index (χ4v) is 6.87. The summed E-state index contributed by atoms with van der Waals surface area (Å²) in [5.74, 6) is -2.52. The van der Waals surface area contributed by atoms with Crippen LogP contribution in [0.3, 0.4) is 0 Å². The third-order valence-electron chi connectivity index (χ3n) is 8.67. The number of nitrogens with zero attached hydrogens (tertiary/aromatic N) is 1. The number of esters is 1. The van der Waals surface area contributed by atoms with Crippen molar-refractivity contribution >= 4 is 29.4 Å². The van der Waals surface area contributed by atoms with Gasteiger partial charge in [0.25, 0.3) is 5.91 Å². The van der Waals surface area contributed by atoms with E-state index in [1.807, 2.05) is 78.9 Å². The number of nitrogens with one attached hydrogen (secondary N) is 1. The van der Waals surface area contributed by atoms with Crippen LogP contribution in [0.2, 0.25) is 0 Å². The minimum absolute atomic E-state index is 0.262. The van der Waals surface area contributed by atoms with Gasteiger partial charge in [0.05, 0.1) is 11.8 Å². The van der Waals surface area contributed by atoms with Crippen LogP contribution in [-0.4, -0.2) is 41.2 Å². The predicted octanol–water partition coefficient (Wildman–Crippen LogP) is 5.24. The highest BCUT2D eigenvalue weighted by Gasteiger charge is 2.62. The van der Waals surface area contributed by atoms with Crippen molar-refractivity contribution in [2.75, 3.05) is 11.9 Å². The van der Waals surface area contributed by atoms with Crippen LogP contribution < -0.4 is 10.1 Å². The number of para-hydroxylation sites is 1. The summed E-state index contributed by atoms with van der Waals surface area (Å²) in [5.41, 5.74) is 4.73. The molecule has 1 saturated heterocycles. The smallest absolute Gasteiger partial charge is 0.329 e. The van der Waals surface area contributed by atoms with Crippen LogP contribution in [0.15, 0.2) is 103 Å². The zero-order valence-corrected chi connectivity index (χ0v) is 23.3. The van der Waals surface area contributed by atoms with Gasteiger partial charge in [-0.1, -0.05) is 66.7 Å². The molecule has 3 aliphatic carbocycles. The van der Waals surface area contributed by atoms with Gasteiger partial charge in [0.2, 0.25) is 11.8 Å². The summed E-state index contributed by atoms with van der Waals surface area (Å²) in [6.07, 6.45) is 0. The Hall–Kier alpha value is -5.24. The lowest BCUT2D eigenvalue weighted by Gasteiger charge is -2.45. The number of anilines is 1. The Morgan fingerprint density at radius 3 is 1.67 bits per heavy atom. The number of likely N-dealkylation sites (tertiary alicyclic amines) is 1. The van der Waals surface area contributed by atoms with Crippen LogP contribution in [0, 0.1) is 11.8 Å². The van der Waals surface area contributed by atoms with E-state index in [0.29, 0.717) is 17.2 Å². The summed E-state index contributed by atoms with van der Waals surface area (Å²) in [7, 11) is 0. The molecule has 8 nitrogen and oxygen atoms in total. The lowest BCUT2D eigenvalue weighted by Crippen LogP contribution is -2.45. The van der Waals surface area contributed by atoms with Gasteiger partial charge in [-0.05, 0) is 65.6 Å². The molecule has 4 aromatic rings. The van der Waals surface area contributed by atoms with E-state index in [4.69, 9.17) is 9.47 Å². The van der Waals surface area contributed by atoms with Crippen LogP contribution >= 0.6 is 0 Å². The first-order chi connectivity index (χ1) is 20.9. The number of hydrogen-bond donors (Lipinski definition) is 1. The molecule has 2 bridgehead atoms. The molecule has 1 aliphatic heterocycles. The Balaban J connectivity index is 1.01. The molecule has 4 aromatic carbocycles. The fraction of sp³-hybridized carbons (Fsp3) is 0.200. The summed E-state index contributed by atoms with van der Waals surface area (Å²) >= 11 is 0. The van der Waals surface area contributed by atoms with Crippen molar-refractivity contribution in [2.24, 2.45) is 11.8 Å². The van der Waals surface area contributed by atoms with Gasteiger partial charge in [0.1, 0.15) is 17.5 Å². The van der Waals surface area contributed by atoms with Gasteiger partial charge in [0.15, 0.2) is 6.61 Å². The normalized spacial score (nSPS) is 21.8. The first-order valence-corrected chi connectivity index (χ1v) is 14.3. The van der Waals surface area contributed by atoms with Crippen molar-refractivity contribution in [3.8, 4) is 11.5 Å². The molecular formula is C35H28N2O6. The Morgan fingerprint density at radius 2 is 1.16 bits per heavy atom. The lowest BCUT2D eigenvalue weighted by molar-refractivity contribution is -0.159. The van der Waals surface area contributed by atoms with Crippen LogP contribution in [-0.2, 0) is 23.9 Å². The summed E-state index contributed by atoms with van der Waals surface area (Å²) in [4.78, 5) is 54.3. The summed E-state index contributed by atoms with van der Waals surface area (Å²) in [6, 6.07) is 30.8. The van der Waals surface area contributed by atoms with E-state index in [9.17, 15) is 19.2 Å². The summed E-state index contributed by atoms with van der Waals surface area (Å²) in [6.45, 7) is 0.914. The molecule has 43 heavy (non-hydrogen) atoms. The van der Waals surface area contributed by atoms with E-state index in [2.05, 4.69) is 5.32 Å². The molecule has 3 amide bonds. The number of carbonyl (C=O) groups excluding carboxylic acids is 4. The molecule has 0 aromatic heterocycles. The maximum Gasteiger partial charge on any atom is 0.329 e. The molecular weight excluding hydrogens is 544 g/mol. The van der Waals surface area contributed by atoms with Crippen molar-refractivity contribution in [1.82, 2.24) is 4.90 Å². The van der Waals surface area contributed by atoms with Gasteiger partial charge in [-0.15, -0.1) is 0 Å². The van der Waals surface area contributed by atoms with Crippen LogP contribution in [0.25, 0.3) is 0 Å². The predicted molar refractivity (Wildman–Crippen MR) is 157 cm³/mol. The third kappa shape index (κ3) is 4.46. The van der Waals surface area contributed by atoms with Crippen molar-refractivity contribution < 1.29 is 28.7 Å². The van der Waals surface area contributed by atoms with Crippen LogP contribution in [0.5, 0.6) is 11.5 Å². The average Bonchev–Trinajstić information content (AvgIpc) is 3.30. The number of hydrogen-bond acceptors (Lipinski definition) is 6. The van der Waals surface area contributed by atoms with E-state index in [0.717, 1.165) is 27.2 Å². The van der Waals surface area contributed by atoms with Crippen molar-refractivity contribution in [3.63, 3.8) is 0 Å². The molecule has 1 heterocycles. The molecule has 3 atom stereocenters. The van der Waals surface area contributed by atoms with Crippen molar-refractivity contribution in [1.29, 1.82) is 0 Å². The molecule has 8 rings (SSSR count). The molecule has 0 radical (unpaired) electrons. The molecule has 8 heteroatoms. The van der Waals surface area contributed by atoms with E-state index in [1.165, 1.54) is 6.92 Å². The second-order valence-electron chi connectivity index (χ2n) is 11.1. The number of imide groups is 1. The summed E-state index contributed by atoms with van der Waals surface area (Å²) in [5, 5.41) is 2.68. The number of amides is 3. The van der Waals surface area contributed by atoms with Gasteiger partial charge >= 0.3 is 5.97 Å². The standard InChI is InChI=1S/C35H28N2O6/c1-20(35(41)42-19-28(38)36-21-15-17-23(18-16-21)43-22-9-3-2-4-10-22)37-33(39)31-29-24-11-5-6-12-25(24)30(32(31)34(37)40)27-14-8-7-13-26(27)29/h2-18,20,29-32H,19H2,1H3,(H,36,38)/t20-,29?,30?,31+,32+/m1/s1. The minimum atomic E-state index is -1.17. The van der Waals surface area contributed by atoms with Gasteiger partial charge in [0, 0.05) is 17.5 Å². The monoisotopic (exact) mass is 572 g/mol. The lowest BCUT2D eigenvalue weighted by atomic mass is 9.55. The Labute approximate surface area is 248 Å². The quantitative estimate of drug-likeness (QED) is 0.240. The van der Waals surface area contributed by atoms with E-state index in [-0.39, 0.29) is 23.7 Å². The average molecular weight is 573 g/mol. The van der Waals surface area contributed by atoms with E-state index < -0.39 is 36.4 Å².